The molecule has 0 heterocycles. The smallest absolute Gasteiger partial charge is 0.305 e. The fourth-order valence-corrected chi connectivity index (χ4v) is 1.41. The van der Waals surface area contributed by atoms with Crippen LogP contribution in [0, 0.1) is 0 Å². The Labute approximate surface area is 115 Å². The Morgan fingerprint density at radius 1 is 0.789 bits per heavy atom. The molecule has 0 aromatic heterocycles. The maximum atomic E-state index is 11.3. The lowest BCUT2D eigenvalue weighted by atomic mass is 10.2. The summed E-state index contributed by atoms with van der Waals surface area (Å²) < 4.78 is 15.1. The molecule has 0 amide bonds. The Morgan fingerprint density at radius 2 is 1.42 bits per heavy atom. The van der Waals surface area contributed by atoms with Crippen molar-refractivity contribution >= 4 is 11.9 Å². The molecule has 0 aliphatic rings. The van der Waals surface area contributed by atoms with Gasteiger partial charge in [0.2, 0.25) is 0 Å². The average molecular weight is 274 g/mol. The van der Waals surface area contributed by atoms with E-state index < -0.39 is 0 Å². The van der Waals surface area contributed by atoms with E-state index in [1.165, 1.54) is 0 Å². The second kappa shape index (κ2) is 13.3. The molecule has 0 rings (SSSR count). The summed E-state index contributed by atoms with van der Waals surface area (Å²) in [6, 6.07) is 0. The molecule has 0 aromatic carbocycles. The average Bonchev–Trinajstić information content (AvgIpc) is 2.39. The third-order valence-corrected chi connectivity index (χ3v) is 2.45. The van der Waals surface area contributed by atoms with Crippen molar-refractivity contribution in [2.24, 2.45) is 0 Å². The molecule has 0 fully saturated rings. The third kappa shape index (κ3) is 13.1. The van der Waals surface area contributed by atoms with Crippen molar-refractivity contribution in [3.8, 4) is 0 Å². The molecule has 0 aromatic rings. The summed E-state index contributed by atoms with van der Waals surface area (Å²) in [5.74, 6) is -0.442. The molecule has 0 aliphatic carbocycles. The van der Waals surface area contributed by atoms with Gasteiger partial charge < -0.3 is 14.2 Å². The summed E-state index contributed by atoms with van der Waals surface area (Å²) in [6.07, 6.45) is 4.13. The van der Waals surface area contributed by atoms with Crippen molar-refractivity contribution in [3.63, 3.8) is 0 Å². The Bertz CT molecular complexity index is 240. The number of ether oxygens (including phenoxy) is 3. The highest BCUT2D eigenvalue weighted by Crippen LogP contribution is 2.02. The monoisotopic (exact) mass is 274 g/mol. The number of hydrogen-bond acceptors (Lipinski definition) is 5. The summed E-state index contributed by atoms with van der Waals surface area (Å²) in [6.45, 7) is 5.75. The van der Waals surface area contributed by atoms with Crippen molar-refractivity contribution in [2.75, 3.05) is 26.4 Å². The van der Waals surface area contributed by atoms with E-state index in [1.807, 2.05) is 0 Å². The largest absolute Gasteiger partial charge is 0.466 e. The number of rotatable bonds is 12. The zero-order chi connectivity index (χ0) is 14.3. The van der Waals surface area contributed by atoms with E-state index in [2.05, 4.69) is 6.92 Å². The molecule has 0 saturated carbocycles. The maximum Gasteiger partial charge on any atom is 0.305 e. The SMILES string of the molecule is CCCCOCCOC(=O)CCCCC(=O)OCC. The van der Waals surface area contributed by atoms with Crippen LogP contribution in [0.4, 0.5) is 0 Å². The van der Waals surface area contributed by atoms with Crippen molar-refractivity contribution in [1.82, 2.24) is 0 Å². The van der Waals surface area contributed by atoms with E-state index in [4.69, 9.17) is 14.2 Å². The molecule has 0 radical (unpaired) electrons. The topological polar surface area (TPSA) is 61.8 Å². The van der Waals surface area contributed by atoms with Crippen molar-refractivity contribution in [2.45, 2.75) is 52.4 Å². The first-order chi connectivity index (χ1) is 9.20. The standard InChI is InChI=1S/C14H26O5/c1-3-5-10-17-11-12-19-14(16)9-7-6-8-13(15)18-4-2/h3-12H2,1-2H3. The van der Waals surface area contributed by atoms with Crippen LogP contribution in [-0.4, -0.2) is 38.4 Å². The Hall–Kier alpha value is -1.10. The number of carbonyl (C=O) groups is 2. The van der Waals surface area contributed by atoms with Crippen molar-refractivity contribution in [1.29, 1.82) is 0 Å². The van der Waals surface area contributed by atoms with Gasteiger partial charge in [-0.05, 0) is 26.2 Å². The van der Waals surface area contributed by atoms with Crippen LogP contribution >= 0.6 is 0 Å². The minimum atomic E-state index is -0.233. The van der Waals surface area contributed by atoms with Gasteiger partial charge in [0.25, 0.3) is 0 Å². The van der Waals surface area contributed by atoms with Crippen LogP contribution in [0.15, 0.2) is 0 Å². The van der Waals surface area contributed by atoms with Gasteiger partial charge in [0.1, 0.15) is 6.61 Å². The molecular weight excluding hydrogens is 248 g/mol. The number of hydrogen-bond donors (Lipinski definition) is 0. The molecule has 0 saturated heterocycles. The predicted octanol–water partition coefficient (Wildman–Crippen LogP) is 2.47. The van der Waals surface area contributed by atoms with E-state index in [9.17, 15) is 9.59 Å². The third-order valence-electron chi connectivity index (χ3n) is 2.45. The van der Waals surface area contributed by atoms with Gasteiger partial charge in [0.15, 0.2) is 0 Å². The highest BCUT2D eigenvalue weighted by molar-refractivity contribution is 5.70. The van der Waals surface area contributed by atoms with E-state index in [0.29, 0.717) is 52.1 Å². The molecule has 0 spiro atoms. The Kier molecular flexibility index (Phi) is 12.6. The zero-order valence-electron chi connectivity index (χ0n) is 12.1. The molecule has 112 valence electrons. The lowest BCUT2D eigenvalue weighted by molar-refractivity contribution is -0.146. The molecule has 5 nitrogen and oxygen atoms in total. The van der Waals surface area contributed by atoms with Gasteiger partial charge in [-0.15, -0.1) is 0 Å². The minimum Gasteiger partial charge on any atom is -0.466 e. The highest BCUT2D eigenvalue weighted by atomic mass is 16.6. The summed E-state index contributed by atoms with van der Waals surface area (Å²) in [7, 11) is 0. The lowest BCUT2D eigenvalue weighted by Crippen LogP contribution is -2.11. The summed E-state index contributed by atoms with van der Waals surface area (Å²) in [5, 5.41) is 0. The van der Waals surface area contributed by atoms with E-state index in [-0.39, 0.29) is 11.9 Å². The molecule has 0 bridgehead atoms. The molecule has 5 heteroatoms. The number of unbranched alkanes of at least 4 members (excludes halogenated alkanes) is 2. The fourth-order valence-electron chi connectivity index (χ4n) is 1.41. The van der Waals surface area contributed by atoms with E-state index in [0.717, 1.165) is 12.8 Å². The molecule has 0 unspecified atom stereocenters. The maximum absolute atomic E-state index is 11.3. The van der Waals surface area contributed by atoms with Crippen LogP contribution in [0.3, 0.4) is 0 Å². The van der Waals surface area contributed by atoms with Crippen LogP contribution in [0.2, 0.25) is 0 Å². The van der Waals surface area contributed by atoms with Gasteiger partial charge in [-0.2, -0.15) is 0 Å². The summed E-state index contributed by atoms with van der Waals surface area (Å²) in [4.78, 5) is 22.3. The molecular formula is C14H26O5. The number of esters is 2. The van der Waals surface area contributed by atoms with Gasteiger partial charge in [-0.1, -0.05) is 13.3 Å². The fraction of sp³-hybridized carbons (Fsp3) is 0.857. The Morgan fingerprint density at radius 3 is 2.00 bits per heavy atom. The quantitative estimate of drug-likeness (QED) is 0.404. The molecule has 0 N–H and O–H groups in total. The zero-order valence-corrected chi connectivity index (χ0v) is 12.1. The van der Waals surface area contributed by atoms with Gasteiger partial charge in [0.05, 0.1) is 13.2 Å². The van der Waals surface area contributed by atoms with Gasteiger partial charge in [-0.3, -0.25) is 9.59 Å². The van der Waals surface area contributed by atoms with E-state index in [1.54, 1.807) is 6.92 Å². The molecule has 0 aliphatic heterocycles. The molecule has 19 heavy (non-hydrogen) atoms. The second-order valence-electron chi connectivity index (χ2n) is 4.20. The normalized spacial score (nSPS) is 10.2. The first-order valence-corrected chi connectivity index (χ1v) is 7.09. The minimum absolute atomic E-state index is 0.208. The van der Waals surface area contributed by atoms with Gasteiger partial charge >= 0.3 is 11.9 Å². The van der Waals surface area contributed by atoms with Crippen LogP contribution in [0.1, 0.15) is 52.4 Å². The van der Waals surface area contributed by atoms with Crippen LogP contribution in [0.25, 0.3) is 0 Å². The highest BCUT2D eigenvalue weighted by Gasteiger charge is 2.05. The first kappa shape index (κ1) is 17.9. The van der Waals surface area contributed by atoms with E-state index >= 15 is 0 Å². The van der Waals surface area contributed by atoms with Crippen LogP contribution < -0.4 is 0 Å². The van der Waals surface area contributed by atoms with Crippen LogP contribution in [-0.2, 0) is 23.8 Å². The lowest BCUT2D eigenvalue weighted by Gasteiger charge is -2.05. The Balaban J connectivity index is 3.28. The van der Waals surface area contributed by atoms with Gasteiger partial charge in [0, 0.05) is 19.4 Å². The van der Waals surface area contributed by atoms with Crippen molar-refractivity contribution < 1.29 is 23.8 Å². The summed E-state index contributed by atoms with van der Waals surface area (Å²) in [5.41, 5.74) is 0. The molecule has 0 atom stereocenters. The summed E-state index contributed by atoms with van der Waals surface area (Å²) >= 11 is 0. The second-order valence-corrected chi connectivity index (χ2v) is 4.20. The predicted molar refractivity (Wildman–Crippen MR) is 71.8 cm³/mol. The number of carbonyl (C=O) groups excluding carboxylic acids is 2. The van der Waals surface area contributed by atoms with Crippen LogP contribution in [0.5, 0.6) is 0 Å². The van der Waals surface area contributed by atoms with Crippen molar-refractivity contribution in [3.05, 3.63) is 0 Å². The first-order valence-electron chi connectivity index (χ1n) is 7.09. The van der Waals surface area contributed by atoms with Gasteiger partial charge in [-0.25, -0.2) is 0 Å².